The maximum Gasteiger partial charge on any atom is 0.253 e. The molecule has 0 bridgehead atoms. The van der Waals surface area contributed by atoms with E-state index in [0.29, 0.717) is 17.4 Å². The Morgan fingerprint density at radius 3 is 2.47 bits per heavy atom. The van der Waals surface area contributed by atoms with E-state index in [1.807, 2.05) is 19.1 Å². The van der Waals surface area contributed by atoms with E-state index in [-0.39, 0.29) is 11.9 Å². The molecule has 6 heteroatoms. The highest BCUT2D eigenvalue weighted by Crippen LogP contribution is 2.28. The van der Waals surface area contributed by atoms with Gasteiger partial charge in [0.05, 0.1) is 10.6 Å². The standard InChI is InChI=1S/C24H34ClN3O2/c1-18-23(24(30)27-21-10-6-3-7-11-21)14-22(13-12-20(25)15-26-17-29)28(18)16-19-8-4-2-5-9-19/h12-15,17,19,21H,2-11,16H2,1H3,(H,26,29)(H,27,30)/b13-12+,20-15+. The molecule has 2 aliphatic rings. The Labute approximate surface area is 184 Å². The summed E-state index contributed by atoms with van der Waals surface area (Å²) in [5.74, 6) is 0.676. The van der Waals surface area contributed by atoms with Crippen LogP contribution in [0, 0.1) is 12.8 Å². The molecule has 0 aliphatic heterocycles. The van der Waals surface area contributed by atoms with E-state index in [9.17, 15) is 9.59 Å². The average Bonchev–Trinajstić information content (AvgIpc) is 3.07. The Hall–Kier alpha value is -2.01. The monoisotopic (exact) mass is 431 g/mol. The number of carbonyl (C=O) groups is 2. The molecule has 0 unspecified atom stereocenters. The molecule has 2 saturated carbocycles. The summed E-state index contributed by atoms with van der Waals surface area (Å²) in [6.45, 7) is 2.97. The lowest BCUT2D eigenvalue weighted by molar-refractivity contribution is -0.108. The van der Waals surface area contributed by atoms with Gasteiger partial charge in [-0.25, -0.2) is 0 Å². The molecular weight excluding hydrogens is 398 g/mol. The summed E-state index contributed by atoms with van der Waals surface area (Å²) in [5.41, 5.74) is 2.74. The molecule has 0 aromatic carbocycles. The first-order valence-electron chi connectivity index (χ1n) is 11.3. The maximum absolute atomic E-state index is 13.0. The summed E-state index contributed by atoms with van der Waals surface area (Å²) in [5, 5.41) is 6.13. The zero-order valence-electron chi connectivity index (χ0n) is 18.0. The van der Waals surface area contributed by atoms with Crippen LogP contribution in [0.5, 0.6) is 0 Å². The highest BCUT2D eigenvalue weighted by Gasteiger charge is 2.22. The van der Waals surface area contributed by atoms with Crippen LogP contribution >= 0.6 is 11.6 Å². The fraction of sp³-hybridized carbons (Fsp3) is 0.583. The van der Waals surface area contributed by atoms with Crippen molar-refractivity contribution in [3.63, 3.8) is 0 Å². The molecule has 30 heavy (non-hydrogen) atoms. The minimum atomic E-state index is 0.0284. The third-order valence-electron chi connectivity index (χ3n) is 6.45. The van der Waals surface area contributed by atoms with Crippen molar-refractivity contribution in [3.05, 3.63) is 40.3 Å². The Morgan fingerprint density at radius 1 is 1.13 bits per heavy atom. The molecule has 5 nitrogen and oxygen atoms in total. The number of hydrogen-bond donors (Lipinski definition) is 2. The molecule has 1 heterocycles. The summed E-state index contributed by atoms with van der Waals surface area (Å²) in [4.78, 5) is 23.5. The molecule has 0 radical (unpaired) electrons. The van der Waals surface area contributed by atoms with Gasteiger partial charge in [0.25, 0.3) is 5.91 Å². The van der Waals surface area contributed by atoms with Gasteiger partial charge >= 0.3 is 0 Å². The lowest BCUT2D eigenvalue weighted by atomic mass is 9.89. The van der Waals surface area contributed by atoms with Crippen molar-refractivity contribution in [2.75, 3.05) is 0 Å². The van der Waals surface area contributed by atoms with Crippen LogP contribution in [0.3, 0.4) is 0 Å². The smallest absolute Gasteiger partial charge is 0.253 e. The lowest BCUT2D eigenvalue weighted by Crippen LogP contribution is -2.36. The van der Waals surface area contributed by atoms with Gasteiger partial charge in [-0.1, -0.05) is 50.1 Å². The van der Waals surface area contributed by atoms with Gasteiger partial charge in [-0.3, -0.25) is 9.59 Å². The average molecular weight is 432 g/mol. The fourth-order valence-corrected chi connectivity index (χ4v) is 4.87. The number of carbonyl (C=O) groups excluding carboxylic acids is 2. The number of hydrogen-bond acceptors (Lipinski definition) is 2. The van der Waals surface area contributed by atoms with Gasteiger partial charge in [0.2, 0.25) is 6.41 Å². The van der Waals surface area contributed by atoms with Crippen molar-refractivity contribution in [1.29, 1.82) is 0 Å². The van der Waals surface area contributed by atoms with Crippen LogP contribution < -0.4 is 10.6 Å². The largest absolute Gasteiger partial charge is 0.349 e. The van der Waals surface area contributed by atoms with Crippen LogP contribution in [0.2, 0.25) is 0 Å². The van der Waals surface area contributed by atoms with Crippen LogP contribution in [-0.4, -0.2) is 22.9 Å². The molecule has 2 amide bonds. The number of rotatable bonds is 8. The topological polar surface area (TPSA) is 63.1 Å². The van der Waals surface area contributed by atoms with Gasteiger partial charge in [0.15, 0.2) is 0 Å². The van der Waals surface area contributed by atoms with Gasteiger partial charge < -0.3 is 15.2 Å². The Balaban J connectivity index is 1.82. The number of nitrogens with zero attached hydrogens (tertiary/aromatic N) is 1. The van der Waals surface area contributed by atoms with Crippen molar-refractivity contribution in [3.8, 4) is 0 Å². The molecule has 3 rings (SSSR count). The molecule has 2 N–H and O–H groups in total. The van der Waals surface area contributed by atoms with Crippen LogP contribution in [0.1, 0.15) is 86.0 Å². The molecule has 1 aromatic rings. The number of amides is 2. The van der Waals surface area contributed by atoms with Crippen LogP contribution in [-0.2, 0) is 11.3 Å². The molecule has 2 aliphatic carbocycles. The molecule has 0 spiro atoms. The predicted octanol–water partition coefficient (Wildman–Crippen LogP) is 5.28. The van der Waals surface area contributed by atoms with E-state index >= 15 is 0 Å². The van der Waals surface area contributed by atoms with E-state index in [0.717, 1.165) is 36.3 Å². The van der Waals surface area contributed by atoms with Gasteiger partial charge in [0.1, 0.15) is 0 Å². The number of nitrogens with one attached hydrogen (secondary N) is 2. The van der Waals surface area contributed by atoms with Gasteiger partial charge in [-0.2, -0.15) is 0 Å². The van der Waals surface area contributed by atoms with Gasteiger partial charge in [-0.15, -0.1) is 0 Å². The second-order valence-corrected chi connectivity index (χ2v) is 9.07. The highest BCUT2D eigenvalue weighted by molar-refractivity contribution is 6.31. The summed E-state index contributed by atoms with van der Waals surface area (Å²) in [7, 11) is 0. The Kier molecular flexibility index (Phi) is 8.61. The number of allylic oxidation sites excluding steroid dienone is 2. The Morgan fingerprint density at radius 2 is 1.80 bits per heavy atom. The number of halogens is 1. The van der Waals surface area contributed by atoms with Crippen molar-refractivity contribution in [2.45, 2.75) is 83.7 Å². The number of aromatic nitrogens is 1. The van der Waals surface area contributed by atoms with E-state index in [1.165, 1.54) is 57.6 Å². The lowest BCUT2D eigenvalue weighted by Gasteiger charge is -2.24. The minimum Gasteiger partial charge on any atom is -0.349 e. The van der Waals surface area contributed by atoms with Crippen molar-refractivity contribution in [2.24, 2.45) is 5.92 Å². The highest BCUT2D eigenvalue weighted by atomic mass is 35.5. The predicted molar refractivity (Wildman–Crippen MR) is 122 cm³/mol. The van der Waals surface area contributed by atoms with E-state index < -0.39 is 0 Å². The third-order valence-corrected chi connectivity index (χ3v) is 6.69. The van der Waals surface area contributed by atoms with Gasteiger partial charge in [-0.05, 0) is 56.7 Å². The molecule has 0 atom stereocenters. The molecule has 1 aromatic heterocycles. The minimum absolute atomic E-state index is 0.0284. The van der Waals surface area contributed by atoms with Crippen LogP contribution in [0.4, 0.5) is 0 Å². The van der Waals surface area contributed by atoms with Crippen molar-refractivity contribution >= 4 is 30.0 Å². The van der Waals surface area contributed by atoms with Crippen molar-refractivity contribution in [1.82, 2.24) is 15.2 Å². The summed E-state index contributed by atoms with van der Waals surface area (Å²) >= 11 is 6.16. The van der Waals surface area contributed by atoms with E-state index in [1.54, 1.807) is 6.08 Å². The quantitative estimate of drug-likeness (QED) is 0.434. The Bertz CT molecular complexity index is 785. The maximum atomic E-state index is 13.0. The third kappa shape index (κ3) is 6.24. The second-order valence-electron chi connectivity index (χ2n) is 8.64. The molecule has 2 fully saturated rings. The zero-order chi connectivity index (χ0) is 21.3. The zero-order valence-corrected chi connectivity index (χ0v) is 18.7. The van der Waals surface area contributed by atoms with Crippen molar-refractivity contribution < 1.29 is 9.59 Å². The van der Waals surface area contributed by atoms with Gasteiger partial charge in [0, 0.05) is 30.2 Å². The summed E-state index contributed by atoms with van der Waals surface area (Å²) < 4.78 is 2.26. The molecular formula is C24H34ClN3O2. The summed E-state index contributed by atoms with van der Waals surface area (Å²) in [6, 6.07) is 2.27. The molecule has 164 valence electrons. The first kappa shape index (κ1) is 22.7. The fourth-order valence-electron chi connectivity index (χ4n) is 4.74. The summed E-state index contributed by atoms with van der Waals surface area (Å²) in [6.07, 6.45) is 17.9. The first-order valence-corrected chi connectivity index (χ1v) is 11.7. The normalized spacial score (nSPS) is 19.2. The first-order chi connectivity index (χ1) is 14.6. The van der Waals surface area contributed by atoms with Crippen LogP contribution in [0.25, 0.3) is 6.08 Å². The van der Waals surface area contributed by atoms with Crippen LogP contribution in [0.15, 0.2) is 23.4 Å². The van der Waals surface area contributed by atoms with E-state index in [2.05, 4.69) is 15.2 Å². The SMILES string of the molecule is Cc1c(C(=O)NC2CCCCC2)cc(/C=C/C(Cl)=C\NC=O)n1CC1CCCCC1. The second kappa shape index (κ2) is 11.4. The molecule has 0 saturated heterocycles. The van der Waals surface area contributed by atoms with E-state index in [4.69, 9.17) is 11.6 Å².